The summed E-state index contributed by atoms with van der Waals surface area (Å²) in [5.41, 5.74) is 7.98. The summed E-state index contributed by atoms with van der Waals surface area (Å²) < 4.78 is 6.05. The molecule has 0 saturated heterocycles. The van der Waals surface area contributed by atoms with Gasteiger partial charge in [0.05, 0.1) is 8.15 Å². The first-order valence-corrected chi connectivity index (χ1v) is 9.25. The number of nitrogens with two attached hydrogens (primary N) is 1. The molecule has 0 radical (unpaired) electrons. The van der Waals surface area contributed by atoms with Gasteiger partial charge in [0.25, 0.3) is 5.91 Å². The number of hydrogen-bond acceptors (Lipinski definition) is 2. The largest absolute Gasteiger partial charge is 0.364 e. The predicted octanol–water partition coefficient (Wildman–Crippen LogP) is 3.61. The summed E-state index contributed by atoms with van der Waals surface area (Å²) in [4.78, 5) is 15.1. The van der Waals surface area contributed by atoms with Crippen LogP contribution in [0.5, 0.6) is 0 Å². The van der Waals surface area contributed by atoms with Gasteiger partial charge in [-0.15, -0.1) is 0 Å². The Hall–Kier alpha value is -1.87. The van der Waals surface area contributed by atoms with Gasteiger partial charge in [-0.25, -0.2) is 0 Å². The van der Waals surface area contributed by atoms with Crippen molar-refractivity contribution in [2.24, 2.45) is 5.73 Å². The second-order valence-electron chi connectivity index (χ2n) is 5.45. The van der Waals surface area contributed by atoms with Crippen molar-refractivity contribution in [2.75, 3.05) is 6.61 Å². The van der Waals surface area contributed by atoms with Crippen molar-refractivity contribution in [2.45, 2.75) is 13.8 Å². The van der Waals surface area contributed by atoms with Crippen molar-refractivity contribution in [1.82, 2.24) is 4.98 Å². The van der Waals surface area contributed by atoms with E-state index in [1.807, 2.05) is 50.2 Å². The number of primary amides is 1. The second kappa shape index (κ2) is 6.94. The highest BCUT2D eigenvalue weighted by Gasteiger charge is 2.26. The lowest BCUT2D eigenvalue weighted by molar-refractivity contribution is 0.0997. The minimum Gasteiger partial charge on any atom is -0.364 e. The number of aryl methyl sites for hydroxylation is 1. The van der Waals surface area contributed by atoms with E-state index < -0.39 is 14.1 Å². The first kappa shape index (κ1) is 17.0. The quantitative estimate of drug-likeness (QED) is 0.682. The summed E-state index contributed by atoms with van der Waals surface area (Å²) >= 11 is 6.16. The summed E-state index contributed by atoms with van der Waals surface area (Å²) in [7, 11) is -1.18. The van der Waals surface area contributed by atoms with E-state index >= 15 is 0 Å². The molecule has 0 aliphatic rings. The van der Waals surface area contributed by atoms with E-state index in [1.54, 1.807) is 6.07 Å². The number of benzene rings is 2. The number of rotatable bonds is 5. The van der Waals surface area contributed by atoms with Gasteiger partial charge in [-0.2, -0.15) is 0 Å². The number of amides is 1. The molecule has 24 heavy (non-hydrogen) atoms. The molecule has 1 amide bonds. The van der Waals surface area contributed by atoms with E-state index in [4.69, 9.17) is 21.9 Å². The Balaban J connectivity index is 2.26. The van der Waals surface area contributed by atoms with Crippen LogP contribution in [0.25, 0.3) is 10.9 Å². The van der Waals surface area contributed by atoms with Gasteiger partial charge in [-0.05, 0) is 32.0 Å². The third-order valence-corrected chi connectivity index (χ3v) is 6.10. The van der Waals surface area contributed by atoms with Gasteiger partial charge in [0, 0.05) is 33.1 Å². The summed E-state index contributed by atoms with van der Waals surface area (Å²) in [6, 6.07) is 13.6. The maximum atomic E-state index is 12.0. The Bertz CT molecular complexity index is 890. The van der Waals surface area contributed by atoms with E-state index in [0.29, 0.717) is 17.3 Å². The Morgan fingerprint density at radius 1 is 1.25 bits per heavy atom. The summed E-state index contributed by atoms with van der Waals surface area (Å²) in [6.45, 7) is 4.51. The third kappa shape index (κ3) is 3.18. The van der Waals surface area contributed by atoms with E-state index in [-0.39, 0.29) is 0 Å². The van der Waals surface area contributed by atoms with Crippen LogP contribution in [0.15, 0.2) is 42.5 Å². The van der Waals surface area contributed by atoms with Gasteiger partial charge in [0.1, 0.15) is 5.69 Å². The lowest BCUT2D eigenvalue weighted by Gasteiger charge is -2.18. The van der Waals surface area contributed by atoms with Crippen LogP contribution in [0.4, 0.5) is 0 Å². The van der Waals surface area contributed by atoms with Crippen molar-refractivity contribution in [1.29, 1.82) is 0 Å². The van der Waals surface area contributed by atoms with Crippen molar-refractivity contribution < 1.29 is 9.32 Å². The molecule has 6 heteroatoms. The molecule has 3 aromatic rings. The third-order valence-electron chi connectivity index (χ3n) is 3.71. The lowest BCUT2D eigenvalue weighted by atomic mass is 10.2. The number of carbonyl (C=O) groups is 1. The van der Waals surface area contributed by atoms with Crippen LogP contribution >= 0.6 is 19.7 Å². The summed E-state index contributed by atoms with van der Waals surface area (Å²) in [5, 5.41) is 3.30. The van der Waals surface area contributed by atoms with E-state index in [0.717, 1.165) is 21.5 Å². The van der Waals surface area contributed by atoms with Gasteiger partial charge in [-0.3, -0.25) is 4.79 Å². The van der Waals surface area contributed by atoms with Gasteiger partial charge >= 0.3 is 0 Å². The van der Waals surface area contributed by atoms with Crippen molar-refractivity contribution >= 4 is 47.2 Å². The normalized spacial score (nSPS) is 12.5. The van der Waals surface area contributed by atoms with Crippen LogP contribution < -0.4 is 16.3 Å². The number of H-pyrrole nitrogens is 1. The smallest absolute Gasteiger partial charge is 0.265 e. The fourth-order valence-electron chi connectivity index (χ4n) is 2.62. The standard InChI is InChI=1S/C18H18ClN2O2P/c1-3-23-24(13-7-4-11(2)5-8-13)17-14-10-12(19)6-9-15(14)21-16(17)18(20)22/h4-10,21H,3H2,1-2H3,(H2,20,22). The first-order chi connectivity index (χ1) is 11.5. The molecular weight excluding hydrogens is 343 g/mol. The molecule has 0 aliphatic carbocycles. The topological polar surface area (TPSA) is 68.1 Å². The highest BCUT2D eigenvalue weighted by atomic mass is 35.5. The highest BCUT2D eigenvalue weighted by Crippen LogP contribution is 2.39. The monoisotopic (exact) mass is 360 g/mol. The van der Waals surface area contributed by atoms with Gasteiger partial charge < -0.3 is 15.2 Å². The Morgan fingerprint density at radius 2 is 1.96 bits per heavy atom. The molecule has 0 aliphatic heterocycles. The number of halogens is 1. The number of carbonyl (C=O) groups excluding carboxylic acids is 1. The maximum Gasteiger partial charge on any atom is 0.265 e. The number of nitrogens with one attached hydrogen (secondary N) is 1. The number of fused-ring (bicyclic) bond motifs is 1. The molecule has 0 spiro atoms. The van der Waals surface area contributed by atoms with Gasteiger partial charge in [-0.1, -0.05) is 41.4 Å². The average molecular weight is 361 g/mol. The van der Waals surface area contributed by atoms with Crippen LogP contribution in [0.3, 0.4) is 0 Å². The molecule has 1 atom stereocenters. The number of aromatic amines is 1. The fourth-order valence-corrected chi connectivity index (χ4v) is 4.78. The zero-order valence-corrected chi connectivity index (χ0v) is 15.1. The summed E-state index contributed by atoms with van der Waals surface area (Å²) in [6.07, 6.45) is 0. The SMILES string of the molecule is CCOP(c1ccc(C)cc1)c1c(C(N)=O)[nH]c2ccc(Cl)cc12. The van der Waals surface area contributed by atoms with Crippen molar-refractivity contribution in [3.8, 4) is 0 Å². The Kier molecular flexibility index (Phi) is 4.91. The first-order valence-electron chi connectivity index (χ1n) is 7.62. The zero-order valence-electron chi connectivity index (χ0n) is 13.5. The van der Waals surface area contributed by atoms with Crippen LogP contribution in [-0.4, -0.2) is 17.5 Å². The van der Waals surface area contributed by atoms with Crippen LogP contribution in [0.2, 0.25) is 5.02 Å². The number of aromatic nitrogens is 1. The lowest BCUT2D eigenvalue weighted by Crippen LogP contribution is -2.23. The Labute approximate surface area is 146 Å². The van der Waals surface area contributed by atoms with E-state index in [1.165, 1.54) is 5.56 Å². The predicted molar refractivity (Wildman–Crippen MR) is 101 cm³/mol. The van der Waals surface area contributed by atoms with Crippen LogP contribution in [0.1, 0.15) is 23.0 Å². The second-order valence-corrected chi connectivity index (χ2v) is 7.70. The molecule has 3 N–H and O–H groups in total. The maximum absolute atomic E-state index is 12.0. The highest BCUT2D eigenvalue weighted by molar-refractivity contribution is 7.69. The fraction of sp³-hybridized carbons (Fsp3) is 0.167. The van der Waals surface area contributed by atoms with Gasteiger partial charge in [0.2, 0.25) is 0 Å². The van der Waals surface area contributed by atoms with E-state index in [9.17, 15) is 4.79 Å². The van der Waals surface area contributed by atoms with E-state index in [2.05, 4.69) is 4.98 Å². The minimum absolute atomic E-state index is 0.382. The minimum atomic E-state index is -1.18. The molecule has 1 unspecified atom stereocenters. The van der Waals surface area contributed by atoms with Gasteiger partial charge in [0.15, 0.2) is 0 Å². The molecule has 0 bridgehead atoms. The molecule has 1 aromatic heterocycles. The molecule has 124 valence electrons. The van der Waals surface area contributed by atoms with Crippen molar-refractivity contribution in [3.05, 3.63) is 58.7 Å². The molecule has 2 aromatic carbocycles. The molecular formula is C18H18ClN2O2P. The Morgan fingerprint density at radius 3 is 2.58 bits per heavy atom. The molecule has 4 nitrogen and oxygen atoms in total. The molecule has 0 fully saturated rings. The molecule has 1 heterocycles. The molecule has 3 rings (SSSR count). The average Bonchev–Trinajstić information content (AvgIpc) is 2.92. The zero-order chi connectivity index (χ0) is 17.3. The van der Waals surface area contributed by atoms with Crippen LogP contribution in [0, 0.1) is 6.92 Å². The van der Waals surface area contributed by atoms with Crippen molar-refractivity contribution in [3.63, 3.8) is 0 Å². The number of hydrogen-bond donors (Lipinski definition) is 2. The molecule has 0 saturated carbocycles. The summed E-state index contributed by atoms with van der Waals surface area (Å²) in [5.74, 6) is -0.503. The van der Waals surface area contributed by atoms with Crippen LogP contribution in [-0.2, 0) is 4.52 Å².